The molecule has 2 nitrogen and oxygen atoms in total. The third-order valence-corrected chi connectivity index (χ3v) is 3.69. The number of hydrogen-bond acceptors (Lipinski definition) is 1. The van der Waals surface area contributed by atoms with E-state index in [0.29, 0.717) is 24.9 Å². The number of hydrogen-bond donors (Lipinski definition) is 0. The standard InChI is InChI=1S/C14H16F3NO/c1-8(2)9-3-4-18(7-9)14(19)10-5-11(15)13(17)12(16)6-10/h5-6,8-9H,3-4,7H2,1-2H3. The highest BCUT2D eigenvalue weighted by molar-refractivity contribution is 5.94. The summed E-state index contributed by atoms with van der Waals surface area (Å²) in [4.78, 5) is 13.7. The van der Waals surface area contributed by atoms with Gasteiger partial charge in [-0.1, -0.05) is 13.8 Å². The Labute approximate surface area is 110 Å². The van der Waals surface area contributed by atoms with E-state index < -0.39 is 23.4 Å². The second-order valence-corrected chi connectivity index (χ2v) is 5.30. The first-order valence-corrected chi connectivity index (χ1v) is 6.34. The molecule has 1 amide bonds. The quantitative estimate of drug-likeness (QED) is 0.756. The van der Waals surface area contributed by atoms with Gasteiger partial charge < -0.3 is 4.90 Å². The molecule has 1 aromatic carbocycles. The lowest BCUT2D eigenvalue weighted by Gasteiger charge is -2.18. The zero-order valence-electron chi connectivity index (χ0n) is 10.9. The Kier molecular flexibility index (Phi) is 3.83. The number of carbonyl (C=O) groups is 1. The van der Waals surface area contributed by atoms with Crippen LogP contribution in [0.3, 0.4) is 0 Å². The van der Waals surface area contributed by atoms with Gasteiger partial charge in [0.15, 0.2) is 17.5 Å². The van der Waals surface area contributed by atoms with Crippen molar-refractivity contribution in [2.75, 3.05) is 13.1 Å². The lowest BCUT2D eigenvalue weighted by Crippen LogP contribution is -2.29. The van der Waals surface area contributed by atoms with E-state index in [0.717, 1.165) is 18.6 Å². The molecule has 1 heterocycles. The average Bonchev–Trinajstić information content (AvgIpc) is 2.84. The molecule has 1 aliphatic rings. The topological polar surface area (TPSA) is 20.3 Å². The first kappa shape index (κ1) is 13.9. The van der Waals surface area contributed by atoms with Gasteiger partial charge in [0, 0.05) is 18.7 Å². The summed E-state index contributed by atoms with van der Waals surface area (Å²) in [6, 6.07) is 1.51. The zero-order valence-corrected chi connectivity index (χ0v) is 10.9. The molecule has 1 fully saturated rings. The summed E-state index contributed by atoms with van der Waals surface area (Å²) < 4.78 is 39.1. The first-order valence-electron chi connectivity index (χ1n) is 6.34. The van der Waals surface area contributed by atoms with Crippen molar-refractivity contribution in [1.82, 2.24) is 4.90 Å². The average molecular weight is 271 g/mol. The van der Waals surface area contributed by atoms with E-state index in [9.17, 15) is 18.0 Å². The van der Waals surface area contributed by atoms with Crippen LogP contribution in [0, 0.1) is 29.3 Å². The number of nitrogens with zero attached hydrogens (tertiary/aromatic N) is 1. The van der Waals surface area contributed by atoms with Crippen LogP contribution in [0.1, 0.15) is 30.6 Å². The maximum Gasteiger partial charge on any atom is 0.254 e. The fraction of sp³-hybridized carbons (Fsp3) is 0.500. The van der Waals surface area contributed by atoms with Crippen molar-refractivity contribution in [2.24, 2.45) is 11.8 Å². The molecule has 0 radical (unpaired) electrons. The van der Waals surface area contributed by atoms with E-state index in [-0.39, 0.29) is 5.56 Å². The summed E-state index contributed by atoms with van der Waals surface area (Å²) in [6.07, 6.45) is 0.884. The third kappa shape index (κ3) is 2.74. The van der Waals surface area contributed by atoms with Gasteiger partial charge in [-0.15, -0.1) is 0 Å². The number of amides is 1. The van der Waals surface area contributed by atoms with E-state index in [1.807, 2.05) is 0 Å². The minimum Gasteiger partial charge on any atom is -0.338 e. The highest BCUT2D eigenvalue weighted by Gasteiger charge is 2.29. The number of carbonyl (C=O) groups excluding carboxylic acids is 1. The monoisotopic (exact) mass is 271 g/mol. The molecule has 1 aromatic rings. The second-order valence-electron chi connectivity index (χ2n) is 5.30. The van der Waals surface area contributed by atoms with Crippen LogP contribution in [-0.2, 0) is 0 Å². The van der Waals surface area contributed by atoms with Gasteiger partial charge in [-0.3, -0.25) is 4.79 Å². The molecule has 0 aliphatic carbocycles. The van der Waals surface area contributed by atoms with E-state index in [4.69, 9.17) is 0 Å². The van der Waals surface area contributed by atoms with Crippen LogP contribution in [0.25, 0.3) is 0 Å². The first-order chi connectivity index (χ1) is 8.90. The van der Waals surface area contributed by atoms with Crippen LogP contribution in [0.5, 0.6) is 0 Å². The molecule has 5 heteroatoms. The number of benzene rings is 1. The predicted molar refractivity (Wildman–Crippen MR) is 65.2 cm³/mol. The molecule has 1 aliphatic heterocycles. The molecule has 1 saturated heterocycles. The highest BCUT2D eigenvalue weighted by atomic mass is 19.2. The van der Waals surface area contributed by atoms with Gasteiger partial charge in [0.1, 0.15) is 0 Å². The number of likely N-dealkylation sites (tertiary alicyclic amines) is 1. The van der Waals surface area contributed by atoms with Gasteiger partial charge in [0.25, 0.3) is 5.91 Å². The van der Waals surface area contributed by atoms with Gasteiger partial charge in [0.2, 0.25) is 0 Å². The minimum atomic E-state index is -1.54. The molecule has 0 saturated carbocycles. The van der Waals surface area contributed by atoms with Crippen molar-refractivity contribution in [1.29, 1.82) is 0 Å². The van der Waals surface area contributed by atoms with Crippen LogP contribution in [0.2, 0.25) is 0 Å². The summed E-state index contributed by atoms with van der Waals surface area (Å²) in [6.45, 7) is 5.31. The molecule has 1 unspecified atom stereocenters. The molecule has 104 valence electrons. The van der Waals surface area contributed by atoms with E-state index in [1.165, 1.54) is 0 Å². The molecule has 0 bridgehead atoms. The Balaban J connectivity index is 2.17. The Morgan fingerprint density at radius 1 is 1.26 bits per heavy atom. The van der Waals surface area contributed by atoms with Crippen LogP contribution in [0.15, 0.2) is 12.1 Å². The Morgan fingerprint density at radius 2 is 1.84 bits per heavy atom. The maximum atomic E-state index is 13.1. The number of halogens is 3. The summed E-state index contributed by atoms with van der Waals surface area (Å²) >= 11 is 0. The van der Waals surface area contributed by atoms with Crippen molar-refractivity contribution in [3.63, 3.8) is 0 Å². The highest BCUT2D eigenvalue weighted by Crippen LogP contribution is 2.25. The van der Waals surface area contributed by atoms with Crippen LogP contribution in [0.4, 0.5) is 13.2 Å². The fourth-order valence-corrected chi connectivity index (χ4v) is 2.38. The summed E-state index contributed by atoms with van der Waals surface area (Å²) in [7, 11) is 0. The molecule has 19 heavy (non-hydrogen) atoms. The molecular formula is C14H16F3NO. The van der Waals surface area contributed by atoms with Crippen molar-refractivity contribution in [2.45, 2.75) is 20.3 Å². The van der Waals surface area contributed by atoms with Crippen LogP contribution >= 0.6 is 0 Å². The van der Waals surface area contributed by atoms with Crippen molar-refractivity contribution < 1.29 is 18.0 Å². The minimum absolute atomic E-state index is 0.138. The van der Waals surface area contributed by atoms with E-state index in [1.54, 1.807) is 4.90 Å². The lowest BCUT2D eigenvalue weighted by atomic mass is 9.95. The van der Waals surface area contributed by atoms with Crippen molar-refractivity contribution in [3.8, 4) is 0 Å². The summed E-state index contributed by atoms with van der Waals surface area (Å²) in [5.41, 5.74) is -0.138. The molecule has 0 N–H and O–H groups in total. The summed E-state index contributed by atoms with van der Waals surface area (Å²) in [5, 5.41) is 0. The lowest BCUT2D eigenvalue weighted by molar-refractivity contribution is 0.0782. The van der Waals surface area contributed by atoms with Crippen molar-refractivity contribution in [3.05, 3.63) is 35.1 Å². The Hall–Kier alpha value is -1.52. The Morgan fingerprint density at radius 3 is 2.32 bits per heavy atom. The van der Waals surface area contributed by atoms with E-state index >= 15 is 0 Å². The fourth-order valence-electron chi connectivity index (χ4n) is 2.38. The van der Waals surface area contributed by atoms with Gasteiger partial charge in [0.05, 0.1) is 0 Å². The van der Waals surface area contributed by atoms with Gasteiger partial charge >= 0.3 is 0 Å². The normalized spacial score (nSPS) is 19.3. The third-order valence-electron chi connectivity index (χ3n) is 3.69. The van der Waals surface area contributed by atoms with Crippen LogP contribution in [-0.4, -0.2) is 23.9 Å². The van der Waals surface area contributed by atoms with Gasteiger partial charge in [-0.05, 0) is 30.4 Å². The Bertz CT molecular complexity index is 478. The molecule has 2 rings (SSSR count). The molecular weight excluding hydrogens is 255 g/mol. The smallest absolute Gasteiger partial charge is 0.254 e. The SMILES string of the molecule is CC(C)C1CCN(C(=O)c2cc(F)c(F)c(F)c2)C1. The van der Waals surface area contributed by atoms with Crippen molar-refractivity contribution >= 4 is 5.91 Å². The summed E-state index contributed by atoms with van der Waals surface area (Å²) in [5.74, 6) is -3.79. The zero-order chi connectivity index (χ0) is 14.2. The predicted octanol–water partition coefficient (Wildman–Crippen LogP) is 3.22. The maximum absolute atomic E-state index is 13.1. The van der Waals surface area contributed by atoms with Gasteiger partial charge in [-0.2, -0.15) is 0 Å². The molecule has 0 spiro atoms. The molecule has 0 aromatic heterocycles. The largest absolute Gasteiger partial charge is 0.338 e. The molecule has 1 atom stereocenters. The second kappa shape index (κ2) is 5.23. The van der Waals surface area contributed by atoms with E-state index in [2.05, 4.69) is 13.8 Å². The number of rotatable bonds is 2. The van der Waals surface area contributed by atoms with Crippen LogP contribution < -0.4 is 0 Å². The van der Waals surface area contributed by atoms with Gasteiger partial charge in [-0.25, -0.2) is 13.2 Å².